The Hall–Kier alpha value is -4.45. The van der Waals surface area contributed by atoms with Crippen molar-refractivity contribution in [3.05, 3.63) is 134 Å². The maximum Gasteiger partial charge on any atom is 0.306 e. The van der Waals surface area contributed by atoms with E-state index in [0.29, 0.717) is 19.3 Å². The van der Waals surface area contributed by atoms with E-state index in [1.165, 1.54) is 0 Å². The Morgan fingerprint density at radius 3 is 1.15 bits per heavy atom. The van der Waals surface area contributed by atoms with Gasteiger partial charge >= 0.3 is 17.9 Å². The van der Waals surface area contributed by atoms with E-state index in [0.717, 1.165) is 122 Å². The number of allylic oxidation sites excluding steroid dienone is 22. The van der Waals surface area contributed by atoms with Gasteiger partial charge in [-0.2, -0.15) is 0 Å². The van der Waals surface area contributed by atoms with E-state index in [4.69, 9.17) is 14.2 Å². The van der Waals surface area contributed by atoms with E-state index in [2.05, 4.69) is 112 Å². The predicted molar refractivity (Wildman–Crippen MR) is 256 cm³/mol. The number of unbranched alkanes of at least 4 members (excludes halogenated alkanes) is 11. The van der Waals surface area contributed by atoms with Crippen molar-refractivity contribution in [2.24, 2.45) is 0 Å². The largest absolute Gasteiger partial charge is 0.462 e. The van der Waals surface area contributed by atoms with Gasteiger partial charge in [0, 0.05) is 19.3 Å². The molecule has 0 aromatic carbocycles. The number of esters is 3. The topological polar surface area (TPSA) is 78.9 Å². The van der Waals surface area contributed by atoms with E-state index in [1.807, 2.05) is 42.5 Å². The Morgan fingerprint density at radius 1 is 0.350 bits per heavy atom. The van der Waals surface area contributed by atoms with Gasteiger partial charge in [0.05, 0.1) is 0 Å². The molecule has 0 aliphatic rings. The van der Waals surface area contributed by atoms with Gasteiger partial charge in [-0.15, -0.1) is 0 Å². The molecule has 0 amide bonds. The van der Waals surface area contributed by atoms with Crippen molar-refractivity contribution in [1.29, 1.82) is 0 Å². The molecule has 6 nitrogen and oxygen atoms in total. The lowest BCUT2D eigenvalue weighted by atomic mass is 10.1. The molecule has 0 spiro atoms. The van der Waals surface area contributed by atoms with Gasteiger partial charge in [-0.05, 0) is 96.3 Å². The van der Waals surface area contributed by atoms with Crippen LogP contribution in [0, 0.1) is 0 Å². The zero-order valence-corrected chi connectivity index (χ0v) is 37.9. The lowest BCUT2D eigenvalue weighted by Gasteiger charge is -2.18. The average molecular weight is 827 g/mol. The number of carbonyl (C=O) groups excluding carboxylic acids is 3. The molecular weight excluding hydrogens is 745 g/mol. The first-order chi connectivity index (χ1) is 29.5. The lowest BCUT2D eigenvalue weighted by molar-refractivity contribution is -0.167. The minimum atomic E-state index is -0.824. The molecule has 0 aliphatic carbocycles. The van der Waals surface area contributed by atoms with Crippen LogP contribution in [0.4, 0.5) is 0 Å². The second-order valence-corrected chi connectivity index (χ2v) is 14.7. The van der Waals surface area contributed by atoms with Crippen molar-refractivity contribution in [3.63, 3.8) is 0 Å². The molecule has 0 radical (unpaired) electrons. The quantitative estimate of drug-likeness (QED) is 0.0202. The zero-order chi connectivity index (χ0) is 43.7. The molecule has 1 unspecified atom stereocenters. The third-order valence-corrected chi connectivity index (χ3v) is 9.04. The second-order valence-electron chi connectivity index (χ2n) is 14.7. The molecule has 334 valence electrons. The Morgan fingerprint density at radius 2 is 0.683 bits per heavy atom. The van der Waals surface area contributed by atoms with Crippen LogP contribution in [-0.2, 0) is 28.6 Å². The molecule has 0 aromatic rings. The average Bonchev–Trinajstić information content (AvgIpc) is 3.24. The fraction of sp³-hybridized carbons (Fsp3) is 0.537. The summed E-state index contributed by atoms with van der Waals surface area (Å²) in [6.07, 6.45) is 65.8. The Labute approximate surface area is 366 Å². The minimum Gasteiger partial charge on any atom is -0.462 e. The standard InChI is InChI=1S/C54H82O6/c1-4-7-10-13-16-19-22-25-26-27-30-32-35-38-41-44-47-53(56)59-50-51(60-54(57)48-45-42-39-36-33-29-24-21-18-15-12-9-6-3)49-58-52(55)46-43-40-37-34-31-28-23-20-17-14-11-8-5-2/h7-12,14-21,23-26,29-30,32-33,51H,4-6,13,22,27-28,31,34-50H2,1-3H3/b10-7+,11-8+,12-9+,17-14+,18-15+,19-16+,23-20+,24-21+,26-25+,32-30+,33-29+. The van der Waals surface area contributed by atoms with Crippen molar-refractivity contribution < 1.29 is 28.6 Å². The van der Waals surface area contributed by atoms with Crippen LogP contribution >= 0.6 is 0 Å². The normalized spacial score (nSPS) is 13.3. The number of hydrogen-bond donors (Lipinski definition) is 0. The summed E-state index contributed by atoms with van der Waals surface area (Å²) in [5.41, 5.74) is 0. The third-order valence-electron chi connectivity index (χ3n) is 9.04. The van der Waals surface area contributed by atoms with Gasteiger partial charge in [0.25, 0.3) is 0 Å². The smallest absolute Gasteiger partial charge is 0.306 e. The molecule has 0 saturated heterocycles. The number of rotatable bonds is 39. The van der Waals surface area contributed by atoms with Gasteiger partial charge in [-0.3, -0.25) is 14.4 Å². The van der Waals surface area contributed by atoms with Crippen LogP contribution in [0.1, 0.15) is 168 Å². The fourth-order valence-electron chi connectivity index (χ4n) is 5.62. The molecule has 6 heteroatoms. The van der Waals surface area contributed by atoms with Crippen LogP contribution in [-0.4, -0.2) is 37.2 Å². The summed E-state index contributed by atoms with van der Waals surface area (Å²) in [5, 5.41) is 0. The molecule has 0 saturated carbocycles. The number of hydrogen-bond acceptors (Lipinski definition) is 6. The highest BCUT2D eigenvalue weighted by molar-refractivity contribution is 5.71. The first-order valence-electron chi connectivity index (χ1n) is 23.3. The van der Waals surface area contributed by atoms with Crippen LogP contribution in [0.3, 0.4) is 0 Å². The number of ether oxygens (including phenoxy) is 3. The molecule has 0 fully saturated rings. The first-order valence-corrected chi connectivity index (χ1v) is 23.3. The second kappa shape index (κ2) is 47.2. The number of carbonyl (C=O) groups is 3. The Kier molecular flexibility index (Phi) is 43.7. The zero-order valence-electron chi connectivity index (χ0n) is 37.9. The summed E-state index contributed by atoms with van der Waals surface area (Å²) in [5.74, 6) is -1.03. The molecule has 1 atom stereocenters. The molecule has 0 aliphatic heterocycles. The summed E-state index contributed by atoms with van der Waals surface area (Å²) < 4.78 is 16.7. The molecule has 0 N–H and O–H groups in total. The van der Waals surface area contributed by atoms with Crippen LogP contribution in [0.15, 0.2) is 134 Å². The summed E-state index contributed by atoms with van der Waals surface area (Å²) in [7, 11) is 0. The SMILES string of the molecule is CC/C=C/C=C/C=C/C=C/CCCCCC(=O)OC(COC(=O)CCCCC/C=C/C/C=C/C/C=C/C/C=C/CC)COC(=O)CCCCCCC/C=C/C=C/C=C/CC. The van der Waals surface area contributed by atoms with Crippen LogP contribution < -0.4 is 0 Å². The lowest BCUT2D eigenvalue weighted by Crippen LogP contribution is -2.30. The first kappa shape index (κ1) is 55.5. The molecule has 0 heterocycles. The van der Waals surface area contributed by atoms with Crippen molar-refractivity contribution >= 4 is 17.9 Å². The van der Waals surface area contributed by atoms with Gasteiger partial charge in [-0.1, -0.05) is 187 Å². The maximum atomic E-state index is 12.7. The molecular formula is C54H82O6. The van der Waals surface area contributed by atoms with Gasteiger partial charge in [0.2, 0.25) is 0 Å². The van der Waals surface area contributed by atoms with E-state index >= 15 is 0 Å². The molecule has 0 aromatic heterocycles. The van der Waals surface area contributed by atoms with Crippen molar-refractivity contribution in [1.82, 2.24) is 0 Å². The predicted octanol–water partition coefficient (Wildman–Crippen LogP) is 15.1. The molecule has 0 bridgehead atoms. The molecule has 60 heavy (non-hydrogen) atoms. The Bertz CT molecular complexity index is 1370. The monoisotopic (exact) mass is 827 g/mol. The van der Waals surface area contributed by atoms with Crippen LogP contribution in [0.2, 0.25) is 0 Å². The van der Waals surface area contributed by atoms with Gasteiger partial charge < -0.3 is 14.2 Å². The van der Waals surface area contributed by atoms with Gasteiger partial charge in [0.1, 0.15) is 13.2 Å². The van der Waals surface area contributed by atoms with E-state index in [9.17, 15) is 14.4 Å². The molecule has 0 rings (SSSR count). The van der Waals surface area contributed by atoms with Crippen molar-refractivity contribution in [2.45, 2.75) is 175 Å². The summed E-state index contributed by atoms with van der Waals surface area (Å²) in [6.45, 7) is 6.13. The highest BCUT2D eigenvalue weighted by Crippen LogP contribution is 2.11. The minimum absolute atomic E-state index is 0.121. The fourth-order valence-corrected chi connectivity index (χ4v) is 5.62. The highest BCUT2D eigenvalue weighted by atomic mass is 16.6. The van der Waals surface area contributed by atoms with Gasteiger partial charge in [-0.25, -0.2) is 0 Å². The summed E-state index contributed by atoms with van der Waals surface area (Å²) in [4.78, 5) is 37.8. The highest BCUT2D eigenvalue weighted by Gasteiger charge is 2.19. The van der Waals surface area contributed by atoms with E-state index < -0.39 is 6.10 Å². The van der Waals surface area contributed by atoms with Crippen molar-refractivity contribution in [2.75, 3.05) is 13.2 Å². The third kappa shape index (κ3) is 44.6. The summed E-state index contributed by atoms with van der Waals surface area (Å²) >= 11 is 0. The maximum absolute atomic E-state index is 12.7. The van der Waals surface area contributed by atoms with Crippen molar-refractivity contribution in [3.8, 4) is 0 Å². The van der Waals surface area contributed by atoms with Crippen LogP contribution in [0.25, 0.3) is 0 Å². The van der Waals surface area contributed by atoms with E-state index in [-0.39, 0.29) is 37.5 Å². The van der Waals surface area contributed by atoms with Crippen LogP contribution in [0.5, 0.6) is 0 Å². The van der Waals surface area contributed by atoms with E-state index in [1.54, 1.807) is 0 Å². The summed E-state index contributed by atoms with van der Waals surface area (Å²) in [6, 6.07) is 0. The Balaban J connectivity index is 4.57. The van der Waals surface area contributed by atoms with Gasteiger partial charge in [0.15, 0.2) is 6.10 Å².